The van der Waals surface area contributed by atoms with E-state index < -0.39 is 30.3 Å². The maximum absolute atomic E-state index is 13.7. The van der Waals surface area contributed by atoms with Crippen LogP contribution in [-0.2, 0) is 0 Å². The Labute approximate surface area is 237 Å². The van der Waals surface area contributed by atoms with Gasteiger partial charge in [0, 0.05) is 0 Å². The summed E-state index contributed by atoms with van der Waals surface area (Å²) >= 11 is 0. The van der Waals surface area contributed by atoms with Gasteiger partial charge in [-0.25, -0.2) is 0 Å². The minimum Gasteiger partial charge on any atom is -0.393 e. The van der Waals surface area contributed by atoms with Gasteiger partial charge in [0.2, 0.25) is 0 Å². The predicted octanol–water partition coefficient (Wildman–Crippen LogP) is 8.90. The van der Waals surface area contributed by atoms with E-state index in [1.165, 1.54) is 0 Å². The van der Waals surface area contributed by atoms with Crippen molar-refractivity contribution in [1.82, 2.24) is 0 Å². The molecule has 0 spiro atoms. The lowest BCUT2D eigenvalue weighted by Gasteiger charge is -2.60. The van der Waals surface area contributed by atoms with Crippen LogP contribution >= 0.6 is 0 Å². The maximum Gasteiger partial charge on any atom is 0.426 e. The average molecular weight is 583 g/mol. The fourth-order valence-corrected chi connectivity index (χ4v) is 11.1. The standard InChI is InChI=1S/C32H52F6O2/c1-26(2,3)22-17-13-20(21(39)14-17)25(22)29(9,10)28(7,8)23-16-11-18(19(12-16)24(23)27(4,5)6)15-30(40,31(33,34)35)32(36,37)38/h16-25,39-40H,11-15H2,1-10H3. The molecule has 4 aliphatic rings. The normalized spacial score (nSPS) is 39.5. The minimum atomic E-state index is -5.78. The fraction of sp³-hybridized carbons (Fsp3) is 1.00. The Balaban J connectivity index is 1.70. The van der Waals surface area contributed by atoms with Crippen LogP contribution in [0.3, 0.4) is 0 Å². The van der Waals surface area contributed by atoms with Gasteiger partial charge in [0.05, 0.1) is 6.10 Å². The molecular formula is C32H52F6O2. The summed E-state index contributed by atoms with van der Waals surface area (Å²) in [5.74, 6) is 0.251. The molecule has 4 fully saturated rings. The van der Waals surface area contributed by atoms with Crippen LogP contribution in [-0.4, -0.2) is 34.3 Å². The average Bonchev–Trinajstić information content (AvgIpc) is 3.48. The minimum absolute atomic E-state index is 0.00387. The van der Waals surface area contributed by atoms with Crippen LogP contribution in [0.4, 0.5) is 26.3 Å². The molecule has 0 aromatic rings. The monoisotopic (exact) mass is 582 g/mol. The third-order valence-corrected chi connectivity index (χ3v) is 12.9. The second kappa shape index (κ2) is 9.25. The van der Waals surface area contributed by atoms with Crippen LogP contribution in [0.15, 0.2) is 0 Å². The van der Waals surface area contributed by atoms with Gasteiger partial charge in [0.25, 0.3) is 5.60 Å². The Bertz CT molecular complexity index is 938. The summed E-state index contributed by atoms with van der Waals surface area (Å²) in [6, 6.07) is 0. The first kappa shape index (κ1) is 32.4. The number of fused-ring (bicyclic) bond motifs is 4. The molecule has 2 N–H and O–H groups in total. The Morgan fingerprint density at radius 2 is 0.975 bits per heavy atom. The number of aliphatic hydroxyl groups excluding tert-OH is 1. The van der Waals surface area contributed by atoms with Gasteiger partial charge in [0.1, 0.15) is 0 Å². The van der Waals surface area contributed by atoms with Crippen LogP contribution in [0.1, 0.15) is 101 Å². The highest BCUT2D eigenvalue weighted by atomic mass is 19.4. The van der Waals surface area contributed by atoms with E-state index in [-0.39, 0.29) is 69.7 Å². The van der Waals surface area contributed by atoms with Crippen molar-refractivity contribution in [3.05, 3.63) is 0 Å². The number of rotatable bonds is 5. The highest BCUT2D eigenvalue weighted by Crippen LogP contribution is 2.73. The Morgan fingerprint density at radius 1 is 0.550 bits per heavy atom. The van der Waals surface area contributed by atoms with E-state index in [1.807, 2.05) is 0 Å². The zero-order valence-corrected chi connectivity index (χ0v) is 26.0. The summed E-state index contributed by atoms with van der Waals surface area (Å²) in [6.07, 6.45) is -10.5. The van der Waals surface area contributed by atoms with Crippen molar-refractivity contribution in [2.75, 3.05) is 0 Å². The maximum atomic E-state index is 13.7. The van der Waals surface area contributed by atoms with Crippen LogP contribution in [0, 0.1) is 74.9 Å². The lowest BCUT2D eigenvalue weighted by atomic mass is 9.44. The van der Waals surface area contributed by atoms with Crippen LogP contribution in [0.5, 0.6) is 0 Å². The summed E-state index contributed by atoms with van der Waals surface area (Å²) in [7, 11) is 0. The highest BCUT2D eigenvalue weighted by molar-refractivity contribution is 5.16. The van der Waals surface area contributed by atoms with E-state index in [0.29, 0.717) is 18.3 Å². The van der Waals surface area contributed by atoms with Gasteiger partial charge >= 0.3 is 12.4 Å². The molecule has 10 unspecified atom stereocenters. The molecule has 0 saturated heterocycles. The third kappa shape index (κ3) is 4.66. The molecule has 4 rings (SSSR count). The lowest BCUT2D eigenvalue weighted by Crippen LogP contribution is -2.59. The lowest BCUT2D eigenvalue weighted by molar-refractivity contribution is -0.373. The van der Waals surface area contributed by atoms with E-state index in [2.05, 4.69) is 69.2 Å². The molecule has 10 atom stereocenters. The first-order chi connectivity index (χ1) is 17.7. The van der Waals surface area contributed by atoms with E-state index in [9.17, 15) is 36.6 Å². The van der Waals surface area contributed by atoms with Gasteiger partial charge in [-0.05, 0) is 107 Å². The van der Waals surface area contributed by atoms with Crippen molar-refractivity contribution in [3.63, 3.8) is 0 Å². The van der Waals surface area contributed by atoms with Gasteiger partial charge in [-0.3, -0.25) is 0 Å². The first-order valence-corrected chi connectivity index (χ1v) is 15.2. The molecule has 8 heteroatoms. The van der Waals surface area contributed by atoms with E-state index in [1.54, 1.807) is 0 Å². The molecule has 2 nitrogen and oxygen atoms in total. The molecule has 0 aromatic heterocycles. The van der Waals surface area contributed by atoms with Crippen LogP contribution in [0.25, 0.3) is 0 Å². The largest absolute Gasteiger partial charge is 0.426 e. The molecule has 4 bridgehead atoms. The topological polar surface area (TPSA) is 40.5 Å². The summed E-state index contributed by atoms with van der Waals surface area (Å²) in [5.41, 5.74) is -5.47. The molecule has 234 valence electrons. The molecule has 0 aliphatic heterocycles. The number of halogens is 6. The van der Waals surface area contributed by atoms with Gasteiger partial charge in [-0.15, -0.1) is 0 Å². The molecular weight excluding hydrogens is 530 g/mol. The quantitative estimate of drug-likeness (QED) is 0.318. The van der Waals surface area contributed by atoms with Crippen molar-refractivity contribution >= 4 is 0 Å². The Kier molecular flexibility index (Phi) is 7.50. The summed E-state index contributed by atoms with van der Waals surface area (Å²) in [5, 5.41) is 21.1. The molecule has 0 aromatic carbocycles. The fourth-order valence-electron chi connectivity index (χ4n) is 11.1. The number of alkyl halides is 6. The van der Waals surface area contributed by atoms with Crippen LogP contribution in [0.2, 0.25) is 0 Å². The molecule has 0 amide bonds. The molecule has 4 saturated carbocycles. The summed E-state index contributed by atoms with van der Waals surface area (Å²) in [6.45, 7) is 22.2. The van der Waals surface area contributed by atoms with Crippen molar-refractivity contribution in [2.24, 2.45) is 74.9 Å². The summed E-state index contributed by atoms with van der Waals surface area (Å²) in [4.78, 5) is 0. The second-order valence-corrected chi connectivity index (χ2v) is 17.5. The molecule has 0 radical (unpaired) electrons. The second-order valence-electron chi connectivity index (χ2n) is 17.5. The van der Waals surface area contributed by atoms with Gasteiger partial charge in [0.15, 0.2) is 0 Å². The third-order valence-electron chi connectivity index (χ3n) is 12.9. The zero-order chi connectivity index (χ0) is 30.8. The van der Waals surface area contributed by atoms with Crippen molar-refractivity contribution < 1.29 is 36.6 Å². The number of aliphatic hydroxyl groups is 2. The van der Waals surface area contributed by atoms with Crippen molar-refractivity contribution in [3.8, 4) is 0 Å². The van der Waals surface area contributed by atoms with E-state index in [0.717, 1.165) is 12.8 Å². The smallest absolute Gasteiger partial charge is 0.393 e. The Hall–Kier alpha value is -0.500. The van der Waals surface area contributed by atoms with Crippen molar-refractivity contribution in [1.29, 1.82) is 0 Å². The number of hydrogen-bond donors (Lipinski definition) is 2. The molecule has 4 aliphatic carbocycles. The SMILES string of the molecule is CC(C)(C)C1C2CC(CC2CC(O)(C(F)(F)F)C(F)(F)F)C1C(C)(C)C(C)(C)C1C2CC(CC2O)C1C(C)(C)C. The summed E-state index contributed by atoms with van der Waals surface area (Å²) < 4.78 is 82.0. The Morgan fingerprint density at radius 3 is 1.43 bits per heavy atom. The van der Waals surface area contributed by atoms with Crippen LogP contribution < -0.4 is 0 Å². The van der Waals surface area contributed by atoms with Gasteiger partial charge in [-0.2, -0.15) is 26.3 Å². The first-order valence-electron chi connectivity index (χ1n) is 15.2. The predicted molar refractivity (Wildman–Crippen MR) is 144 cm³/mol. The van der Waals surface area contributed by atoms with E-state index in [4.69, 9.17) is 0 Å². The highest BCUT2D eigenvalue weighted by Gasteiger charge is 2.73. The zero-order valence-electron chi connectivity index (χ0n) is 26.0. The molecule has 0 heterocycles. The van der Waals surface area contributed by atoms with Gasteiger partial charge in [-0.1, -0.05) is 69.2 Å². The van der Waals surface area contributed by atoms with E-state index >= 15 is 0 Å². The van der Waals surface area contributed by atoms with Crippen molar-refractivity contribution in [2.45, 2.75) is 125 Å². The molecule has 40 heavy (non-hydrogen) atoms. The number of hydrogen-bond acceptors (Lipinski definition) is 2. The van der Waals surface area contributed by atoms with Gasteiger partial charge < -0.3 is 10.2 Å².